The first-order valence-corrected chi connectivity index (χ1v) is 11.9. The number of nitrogens with zero attached hydrogens (tertiary/aromatic N) is 2. The van der Waals surface area contributed by atoms with Crippen LogP contribution in [-0.2, 0) is 9.53 Å². The molecule has 1 atom stereocenters. The van der Waals surface area contributed by atoms with E-state index in [-0.39, 0.29) is 23.3 Å². The van der Waals surface area contributed by atoms with E-state index in [0.29, 0.717) is 31.3 Å². The number of benzene rings is 2. The van der Waals surface area contributed by atoms with Crippen LogP contribution in [0.5, 0.6) is 0 Å². The van der Waals surface area contributed by atoms with Crippen molar-refractivity contribution in [3.8, 4) is 0 Å². The Hall–Kier alpha value is -3.69. The van der Waals surface area contributed by atoms with Crippen molar-refractivity contribution in [1.29, 1.82) is 0 Å². The number of allylic oxidation sites excluding steroid dienone is 1. The first kappa shape index (κ1) is 24.4. The van der Waals surface area contributed by atoms with Gasteiger partial charge < -0.3 is 15.2 Å². The predicted molar refractivity (Wildman–Crippen MR) is 135 cm³/mol. The van der Waals surface area contributed by atoms with Crippen LogP contribution in [0.3, 0.4) is 0 Å². The molecule has 0 aliphatic carbocycles. The largest absolute Gasteiger partial charge is 0.478 e. The van der Waals surface area contributed by atoms with E-state index in [4.69, 9.17) is 16.3 Å². The number of hydrogen-bond donors (Lipinski definition) is 2. The standard InChI is InChI=1S/C25H22ClN3O5S/c1-4-34-24(33)20-14(3)28-25-29(21(20)15-7-9-17(26)10-8-15)22(30)19(35-25)12-27-18-11-16(23(31)32)6-5-13(18)2/h5-12,21,27H,4H2,1-3H3,(H,31,32)/b19-12-/t21-/m1/s1. The Labute approximate surface area is 209 Å². The molecule has 1 aliphatic heterocycles. The number of nitrogens with one attached hydrogen (secondary N) is 1. The molecule has 4 rings (SSSR count). The zero-order chi connectivity index (χ0) is 25.3. The van der Waals surface area contributed by atoms with Crippen LogP contribution in [0.1, 0.15) is 41.4 Å². The van der Waals surface area contributed by atoms with Crippen LogP contribution < -0.4 is 20.2 Å². The molecule has 0 saturated heterocycles. The van der Waals surface area contributed by atoms with Crippen molar-refractivity contribution in [3.05, 3.63) is 95.1 Å². The lowest BCUT2D eigenvalue weighted by molar-refractivity contribution is -0.139. The second-order valence-corrected chi connectivity index (χ2v) is 9.28. The zero-order valence-corrected chi connectivity index (χ0v) is 20.7. The molecular weight excluding hydrogens is 490 g/mol. The summed E-state index contributed by atoms with van der Waals surface area (Å²) in [4.78, 5) is 42.7. The van der Waals surface area contributed by atoms with E-state index in [1.54, 1.807) is 44.2 Å². The number of carbonyl (C=O) groups is 2. The molecule has 0 unspecified atom stereocenters. The molecule has 8 nitrogen and oxygen atoms in total. The predicted octanol–water partition coefficient (Wildman–Crippen LogP) is 3.48. The number of halogens is 1. The molecule has 0 bridgehead atoms. The number of rotatable bonds is 6. The average molecular weight is 512 g/mol. The van der Waals surface area contributed by atoms with Gasteiger partial charge in [0.05, 0.1) is 29.5 Å². The fourth-order valence-corrected chi connectivity index (χ4v) is 4.90. The molecule has 0 saturated carbocycles. The normalized spacial score (nSPS) is 15.4. The summed E-state index contributed by atoms with van der Waals surface area (Å²) < 4.78 is 7.10. The van der Waals surface area contributed by atoms with Gasteiger partial charge in [-0.1, -0.05) is 41.1 Å². The molecule has 10 heteroatoms. The van der Waals surface area contributed by atoms with E-state index >= 15 is 0 Å². The second-order valence-electron chi connectivity index (χ2n) is 7.83. The summed E-state index contributed by atoms with van der Waals surface area (Å²) in [5.41, 5.74) is 2.61. The van der Waals surface area contributed by atoms with E-state index < -0.39 is 18.0 Å². The summed E-state index contributed by atoms with van der Waals surface area (Å²) in [6.45, 7) is 5.45. The lowest BCUT2D eigenvalue weighted by Gasteiger charge is -2.24. The van der Waals surface area contributed by atoms with Crippen LogP contribution in [0.25, 0.3) is 6.20 Å². The van der Waals surface area contributed by atoms with Gasteiger partial charge in [0.15, 0.2) is 4.80 Å². The van der Waals surface area contributed by atoms with Crippen LogP contribution in [0.4, 0.5) is 5.69 Å². The van der Waals surface area contributed by atoms with Gasteiger partial charge in [0.2, 0.25) is 0 Å². The highest BCUT2D eigenvalue weighted by atomic mass is 35.5. The van der Waals surface area contributed by atoms with Crippen molar-refractivity contribution in [2.45, 2.75) is 26.8 Å². The number of aromatic nitrogens is 1. The highest BCUT2D eigenvalue weighted by Crippen LogP contribution is 2.31. The summed E-state index contributed by atoms with van der Waals surface area (Å²) in [6.07, 6.45) is 1.53. The number of carbonyl (C=O) groups excluding carboxylic acids is 1. The van der Waals surface area contributed by atoms with Gasteiger partial charge in [-0.2, -0.15) is 0 Å². The lowest BCUT2D eigenvalue weighted by atomic mass is 9.96. The molecule has 180 valence electrons. The minimum atomic E-state index is -1.04. The van der Waals surface area contributed by atoms with Gasteiger partial charge in [-0.25, -0.2) is 14.6 Å². The number of carboxylic acids is 1. The molecule has 35 heavy (non-hydrogen) atoms. The third kappa shape index (κ3) is 4.78. The summed E-state index contributed by atoms with van der Waals surface area (Å²) in [5.74, 6) is -1.58. The second kappa shape index (κ2) is 9.89. The van der Waals surface area contributed by atoms with E-state index in [2.05, 4.69) is 10.3 Å². The van der Waals surface area contributed by atoms with Gasteiger partial charge in [-0.05, 0) is 56.2 Å². The molecular formula is C25H22ClN3O5S. The van der Waals surface area contributed by atoms with Crippen LogP contribution in [-0.4, -0.2) is 28.2 Å². The van der Waals surface area contributed by atoms with E-state index in [9.17, 15) is 19.5 Å². The molecule has 1 aliphatic rings. The topological polar surface area (TPSA) is 110 Å². The summed E-state index contributed by atoms with van der Waals surface area (Å²) in [7, 11) is 0. The Balaban J connectivity index is 1.85. The Morgan fingerprint density at radius 1 is 1.23 bits per heavy atom. The zero-order valence-electron chi connectivity index (χ0n) is 19.2. The SMILES string of the molecule is CCOC(=O)C1=C(C)N=c2s/c(=C\Nc3cc(C(=O)O)ccc3C)c(=O)n2[C@@H]1c1ccc(Cl)cc1. The lowest BCUT2D eigenvalue weighted by Crippen LogP contribution is -2.40. The first-order valence-electron chi connectivity index (χ1n) is 10.7. The molecule has 0 fully saturated rings. The van der Waals surface area contributed by atoms with Crippen molar-refractivity contribution in [1.82, 2.24) is 4.57 Å². The smallest absolute Gasteiger partial charge is 0.338 e. The number of carboxylic acid groups (broad SMARTS) is 1. The number of aromatic carboxylic acids is 1. The number of aryl methyl sites for hydroxylation is 1. The summed E-state index contributed by atoms with van der Waals surface area (Å²) in [6, 6.07) is 10.9. The van der Waals surface area contributed by atoms with Gasteiger partial charge in [0.1, 0.15) is 4.53 Å². The molecule has 2 N–H and O–H groups in total. The minimum absolute atomic E-state index is 0.130. The molecule has 0 spiro atoms. The highest BCUT2D eigenvalue weighted by molar-refractivity contribution is 7.07. The minimum Gasteiger partial charge on any atom is -0.478 e. The van der Waals surface area contributed by atoms with E-state index in [0.717, 1.165) is 5.56 Å². The number of ether oxygens (including phenoxy) is 1. The number of anilines is 1. The molecule has 3 aromatic rings. The highest BCUT2D eigenvalue weighted by Gasteiger charge is 2.33. The number of fused-ring (bicyclic) bond motifs is 1. The Bertz CT molecular complexity index is 1540. The van der Waals surface area contributed by atoms with Crippen molar-refractivity contribution < 1.29 is 19.4 Å². The molecule has 0 radical (unpaired) electrons. The summed E-state index contributed by atoms with van der Waals surface area (Å²) in [5, 5.41) is 12.9. The van der Waals surface area contributed by atoms with Gasteiger partial charge in [-0.15, -0.1) is 0 Å². The Morgan fingerprint density at radius 3 is 2.60 bits per heavy atom. The molecule has 0 amide bonds. The maximum Gasteiger partial charge on any atom is 0.338 e. The Morgan fingerprint density at radius 2 is 1.94 bits per heavy atom. The van der Waals surface area contributed by atoms with Gasteiger partial charge in [0, 0.05) is 16.9 Å². The van der Waals surface area contributed by atoms with Crippen LogP contribution in [0.2, 0.25) is 5.02 Å². The third-order valence-corrected chi connectivity index (χ3v) is 6.78. The van der Waals surface area contributed by atoms with E-state index in [1.165, 1.54) is 34.2 Å². The van der Waals surface area contributed by atoms with Gasteiger partial charge in [-0.3, -0.25) is 9.36 Å². The van der Waals surface area contributed by atoms with Gasteiger partial charge in [0.25, 0.3) is 5.56 Å². The van der Waals surface area contributed by atoms with Gasteiger partial charge >= 0.3 is 11.9 Å². The van der Waals surface area contributed by atoms with Crippen LogP contribution in [0, 0.1) is 6.92 Å². The van der Waals surface area contributed by atoms with Crippen LogP contribution in [0.15, 0.2) is 63.5 Å². The van der Waals surface area contributed by atoms with Crippen molar-refractivity contribution >= 4 is 46.8 Å². The van der Waals surface area contributed by atoms with Crippen molar-refractivity contribution in [2.24, 2.45) is 4.99 Å². The molecule has 1 aromatic heterocycles. The maximum absolute atomic E-state index is 13.5. The number of thiazole rings is 1. The third-order valence-electron chi connectivity index (χ3n) is 5.55. The fraction of sp³-hybridized carbons (Fsp3) is 0.200. The van der Waals surface area contributed by atoms with Crippen LogP contribution >= 0.6 is 22.9 Å². The molecule has 2 aromatic carbocycles. The quantitative estimate of drug-likeness (QED) is 0.490. The monoisotopic (exact) mass is 511 g/mol. The fourth-order valence-electron chi connectivity index (χ4n) is 3.81. The number of esters is 1. The summed E-state index contributed by atoms with van der Waals surface area (Å²) >= 11 is 7.23. The number of hydrogen-bond acceptors (Lipinski definition) is 7. The first-order chi connectivity index (χ1) is 16.7. The van der Waals surface area contributed by atoms with E-state index in [1.807, 2.05) is 6.92 Å². The maximum atomic E-state index is 13.5. The molecule has 2 heterocycles. The Kier molecular flexibility index (Phi) is 6.90. The average Bonchev–Trinajstić information content (AvgIpc) is 3.13. The van der Waals surface area contributed by atoms with Crippen molar-refractivity contribution in [2.75, 3.05) is 11.9 Å². The van der Waals surface area contributed by atoms with Crippen molar-refractivity contribution in [3.63, 3.8) is 0 Å².